The molecule has 1 aliphatic carbocycles. The molecule has 0 atom stereocenters. The lowest BCUT2D eigenvalue weighted by Crippen LogP contribution is -2.28. The molecule has 0 bridgehead atoms. The molecule has 1 nitrogen and oxygen atoms in total. The largest absolute Gasteiger partial charge is 0.316 e. The van der Waals surface area contributed by atoms with Crippen LogP contribution in [0.3, 0.4) is 0 Å². The molecule has 0 unspecified atom stereocenters. The molecule has 11 heavy (non-hydrogen) atoms. The van der Waals surface area contributed by atoms with Crippen LogP contribution in [-0.2, 0) is 0 Å². The maximum Gasteiger partial charge on any atom is 0.00580 e. The Morgan fingerprint density at radius 3 is 2.82 bits per heavy atom. The Labute approximate surface area is 74.3 Å². The summed E-state index contributed by atoms with van der Waals surface area (Å²) in [5, 5.41) is 3.50. The molecule has 0 saturated heterocycles. The van der Waals surface area contributed by atoms with Gasteiger partial charge in [0.2, 0.25) is 0 Å². The zero-order chi connectivity index (χ0) is 7.94. The van der Waals surface area contributed by atoms with Crippen molar-refractivity contribution in [3.63, 3.8) is 0 Å². The molecule has 1 fully saturated rings. The van der Waals surface area contributed by atoms with E-state index in [1.54, 1.807) is 0 Å². The van der Waals surface area contributed by atoms with E-state index in [9.17, 15) is 0 Å². The van der Waals surface area contributed by atoms with Gasteiger partial charge in [0.05, 0.1) is 0 Å². The predicted molar refractivity (Wildman–Crippen MR) is 53.2 cm³/mol. The lowest BCUT2D eigenvalue weighted by molar-refractivity contribution is 0.304. The van der Waals surface area contributed by atoms with Gasteiger partial charge in [-0.05, 0) is 31.1 Å². The lowest BCUT2D eigenvalue weighted by atomic mass is 9.85. The van der Waals surface area contributed by atoms with Crippen LogP contribution in [0.2, 0.25) is 0 Å². The van der Waals surface area contributed by atoms with Gasteiger partial charge in [-0.1, -0.05) is 13.3 Å². The van der Waals surface area contributed by atoms with E-state index in [0.29, 0.717) is 0 Å². The van der Waals surface area contributed by atoms with E-state index in [1.807, 2.05) is 11.8 Å². The first-order valence-corrected chi connectivity index (χ1v) is 5.87. The van der Waals surface area contributed by atoms with Gasteiger partial charge < -0.3 is 5.32 Å². The zero-order valence-corrected chi connectivity index (χ0v) is 8.25. The molecule has 66 valence electrons. The third-order valence-electron chi connectivity index (χ3n) is 2.29. The van der Waals surface area contributed by atoms with Crippen LogP contribution in [0.25, 0.3) is 0 Å². The fourth-order valence-corrected chi connectivity index (χ4v) is 1.87. The lowest BCUT2D eigenvalue weighted by Gasteiger charge is -2.25. The van der Waals surface area contributed by atoms with Gasteiger partial charge in [-0.25, -0.2) is 0 Å². The molecule has 1 N–H and O–H groups in total. The third-order valence-corrected chi connectivity index (χ3v) is 3.19. The molecule has 1 rings (SSSR count). The highest BCUT2D eigenvalue weighted by Crippen LogP contribution is 2.24. The summed E-state index contributed by atoms with van der Waals surface area (Å²) >= 11 is 2.02. The number of rotatable bonds is 6. The number of hydrogen-bond acceptors (Lipinski definition) is 2. The molecule has 1 saturated carbocycles. The topological polar surface area (TPSA) is 12.0 Å². The van der Waals surface area contributed by atoms with Crippen molar-refractivity contribution in [3.05, 3.63) is 0 Å². The smallest absolute Gasteiger partial charge is 0.00580 e. The highest BCUT2D eigenvalue weighted by molar-refractivity contribution is 7.99. The predicted octanol–water partition coefficient (Wildman–Crippen LogP) is 2.13. The van der Waals surface area contributed by atoms with Crippen molar-refractivity contribution in [1.29, 1.82) is 0 Å². The van der Waals surface area contributed by atoms with Crippen LogP contribution < -0.4 is 5.32 Å². The van der Waals surface area contributed by atoms with Crippen molar-refractivity contribution >= 4 is 11.8 Å². The van der Waals surface area contributed by atoms with Crippen molar-refractivity contribution in [3.8, 4) is 0 Å². The summed E-state index contributed by atoms with van der Waals surface area (Å²) < 4.78 is 0. The first-order chi connectivity index (χ1) is 5.43. The highest BCUT2D eigenvalue weighted by atomic mass is 32.2. The summed E-state index contributed by atoms with van der Waals surface area (Å²) in [5.74, 6) is 3.55. The second kappa shape index (κ2) is 5.90. The van der Waals surface area contributed by atoms with Crippen LogP contribution >= 0.6 is 11.8 Å². The summed E-state index contributed by atoms with van der Waals surface area (Å²) in [6.45, 7) is 4.69. The second-order valence-corrected chi connectivity index (χ2v) is 4.59. The minimum absolute atomic E-state index is 1.02. The molecule has 0 aliphatic heterocycles. The Kier molecular flexibility index (Phi) is 5.04. The van der Waals surface area contributed by atoms with Crippen LogP contribution in [0.4, 0.5) is 0 Å². The average Bonchev–Trinajstić information content (AvgIpc) is 1.93. The Hall–Kier alpha value is 0.310. The number of nitrogens with one attached hydrogen (secondary N) is 1. The SMILES string of the molecule is CCSCCNCC1CCC1. The first-order valence-electron chi connectivity index (χ1n) is 4.72. The van der Waals surface area contributed by atoms with E-state index in [0.717, 1.165) is 5.92 Å². The standard InChI is InChI=1S/C9H19NS/c1-2-11-7-6-10-8-9-4-3-5-9/h9-10H,2-8H2,1H3. The molecule has 0 amide bonds. The van der Waals surface area contributed by atoms with E-state index in [1.165, 1.54) is 43.9 Å². The van der Waals surface area contributed by atoms with Crippen molar-refractivity contribution in [1.82, 2.24) is 5.32 Å². The van der Waals surface area contributed by atoms with Crippen LogP contribution in [0.15, 0.2) is 0 Å². The molecule has 0 radical (unpaired) electrons. The summed E-state index contributed by atoms with van der Waals surface area (Å²) in [7, 11) is 0. The molecule has 1 aliphatic rings. The Morgan fingerprint density at radius 1 is 1.45 bits per heavy atom. The van der Waals surface area contributed by atoms with Crippen molar-refractivity contribution in [2.45, 2.75) is 26.2 Å². The molecule has 0 aromatic carbocycles. The highest BCUT2D eigenvalue weighted by Gasteiger charge is 2.15. The van der Waals surface area contributed by atoms with Gasteiger partial charge in [0.1, 0.15) is 0 Å². The summed E-state index contributed by atoms with van der Waals surface area (Å²) in [5.41, 5.74) is 0. The molecule has 0 aromatic heterocycles. The van der Waals surface area contributed by atoms with E-state index in [2.05, 4.69) is 12.2 Å². The fraction of sp³-hybridized carbons (Fsp3) is 1.00. The molecule has 0 spiro atoms. The van der Waals surface area contributed by atoms with Gasteiger partial charge in [-0.15, -0.1) is 0 Å². The van der Waals surface area contributed by atoms with Crippen LogP contribution in [0, 0.1) is 5.92 Å². The molecular weight excluding hydrogens is 154 g/mol. The van der Waals surface area contributed by atoms with Crippen LogP contribution in [0.1, 0.15) is 26.2 Å². The Balaban J connectivity index is 1.73. The monoisotopic (exact) mass is 173 g/mol. The number of hydrogen-bond donors (Lipinski definition) is 1. The minimum atomic E-state index is 1.02. The van der Waals surface area contributed by atoms with Gasteiger partial charge in [0, 0.05) is 12.3 Å². The number of thioether (sulfide) groups is 1. The molecule has 0 heterocycles. The summed E-state index contributed by atoms with van der Waals surface area (Å²) in [4.78, 5) is 0. The van der Waals surface area contributed by atoms with Crippen molar-refractivity contribution in [2.75, 3.05) is 24.6 Å². The normalized spacial score (nSPS) is 18.3. The first kappa shape index (κ1) is 9.40. The van der Waals surface area contributed by atoms with Gasteiger partial charge in [-0.2, -0.15) is 11.8 Å². The van der Waals surface area contributed by atoms with E-state index in [4.69, 9.17) is 0 Å². The third kappa shape index (κ3) is 4.02. The Morgan fingerprint density at radius 2 is 2.27 bits per heavy atom. The van der Waals surface area contributed by atoms with Gasteiger partial charge in [0.15, 0.2) is 0 Å². The van der Waals surface area contributed by atoms with Gasteiger partial charge >= 0.3 is 0 Å². The average molecular weight is 173 g/mol. The maximum atomic E-state index is 3.50. The summed E-state index contributed by atoms with van der Waals surface area (Å²) in [6, 6.07) is 0. The van der Waals surface area contributed by atoms with Gasteiger partial charge in [-0.3, -0.25) is 0 Å². The minimum Gasteiger partial charge on any atom is -0.316 e. The second-order valence-electron chi connectivity index (χ2n) is 3.20. The molecular formula is C9H19NS. The van der Waals surface area contributed by atoms with Crippen molar-refractivity contribution in [2.24, 2.45) is 5.92 Å². The van der Waals surface area contributed by atoms with E-state index in [-0.39, 0.29) is 0 Å². The van der Waals surface area contributed by atoms with Crippen molar-refractivity contribution < 1.29 is 0 Å². The molecule has 2 heteroatoms. The quantitative estimate of drug-likeness (QED) is 0.618. The van der Waals surface area contributed by atoms with E-state index >= 15 is 0 Å². The fourth-order valence-electron chi connectivity index (χ4n) is 1.29. The zero-order valence-electron chi connectivity index (χ0n) is 7.44. The van der Waals surface area contributed by atoms with Gasteiger partial charge in [0.25, 0.3) is 0 Å². The van der Waals surface area contributed by atoms with E-state index < -0.39 is 0 Å². The summed E-state index contributed by atoms with van der Waals surface area (Å²) in [6.07, 6.45) is 4.40. The maximum absolute atomic E-state index is 3.50. The molecule has 0 aromatic rings. The van der Waals surface area contributed by atoms with Crippen LogP contribution in [0.5, 0.6) is 0 Å². The Bertz CT molecular complexity index is 91.6. The van der Waals surface area contributed by atoms with Crippen LogP contribution in [-0.4, -0.2) is 24.6 Å².